The second kappa shape index (κ2) is 5.69. The van der Waals surface area contributed by atoms with Gasteiger partial charge < -0.3 is 29.2 Å². The Bertz CT molecular complexity index is 971. The van der Waals surface area contributed by atoms with Crippen LogP contribution >= 0.6 is 0 Å². The van der Waals surface area contributed by atoms with E-state index >= 15 is 0 Å². The number of hydrogen-bond acceptors (Lipinski definition) is 7. The molecule has 0 saturated carbocycles. The summed E-state index contributed by atoms with van der Waals surface area (Å²) in [6.45, 7) is 0. The number of hydrogen-bond donors (Lipinski definition) is 3. The molecule has 0 aliphatic carbocycles. The number of ether oxygens (including phenoxy) is 2. The van der Waals surface area contributed by atoms with Crippen LogP contribution in [0.25, 0.3) is 22.3 Å². The van der Waals surface area contributed by atoms with Gasteiger partial charge in [-0.15, -0.1) is 0 Å². The molecule has 0 saturated heterocycles. The van der Waals surface area contributed by atoms with Gasteiger partial charge in [-0.25, -0.2) is 0 Å². The molecule has 1 aromatic heterocycles. The molecule has 7 heteroatoms. The summed E-state index contributed by atoms with van der Waals surface area (Å²) in [4.78, 5) is 12.5. The average Bonchev–Trinajstić information content (AvgIpc) is 2.58. The van der Waals surface area contributed by atoms with Gasteiger partial charge in [-0.2, -0.15) is 0 Å². The molecule has 0 radical (unpaired) electrons. The number of fused-ring (bicyclic) bond motifs is 1. The van der Waals surface area contributed by atoms with Gasteiger partial charge in [0.1, 0.15) is 16.7 Å². The lowest BCUT2D eigenvalue weighted by Gasteiger charge is -2.12. The number of phenolic OH excluding ortho intramolecular Hbond substituents is 2. The molecule has 124 valence electrons. The SMILES string of the molecule is COc1cc2oc(-c3ccc(O)cc3)c(O)c(=O)c2c(O)c1OC. The lowest BCUT2D eigenvalue weighted by Crippen LogP contribution is -2.04. The van der Waals surface area contributed by atoms with Crippen molar-refractivity contribution < 1.29 is 29.2 Å². The normalized spacial score (nSPS) is 10.8. The minimum Gasteiger partial charge on any atom is -0.508 e. The standard InChI is InChI=1S/C17H14O7/c1-22-11-7-10-12(14(20)17(11)23-2)13(19)15(21)16(24-10)8-3-5-9(18)6-4-8/h3-7,18,20-21H,1-2H3. The van der Waals surface area contributed by atoms with Gasteiger partial charge in [-0.3, -0.25) is 4.79 Å². The first-order valence-corrected chi connectivity index (χ1v) is 6.91. The molecule has 0 unspecified atom stereocenters. The lowest BCUT2D eigenvalue weighted by molar-refractivity contribution is 0.334. The van der Waals surface area contributed by atoms with Gasteiger partial charge in [0, 0.05) is 11.6 Å². The molecule has 2 aromatic carbocycles. The molecule has 3 N–H and O–H groups in total. The van der Waals surface area contributed by atoms with E-state index < -0.39 is 16.9 Å². The first kappa shape index (κ1) is 15.5. The number of benzene rings is 2. The van der Waals surface area contributed by atoms with Crippen molar-refractivity contribution >= 4 is 11.0 Å². The Labute approximate surface area is 135 Å². The summed E-state index contributed by atoms with van der Waals surface area (Å²) in [5, 5.41) is 29.6. The second-order valence-electron chi connectivity index (χ2n) is 4.99. The van der Waals surface area contributed by atoms with Crippen LogP contribution in [0.2, 0.25) is 0 Å². The van der Waals surface area contributed by atoms with E-state index in [2.05, 4.69) is 0 Å². The van der Waals surface area contributed by atoms with E-state index in [9.17, 15) is 20.1 Å². The zero-order chi connectivity index (χ0) is 17.4. The quantitative estimate of drug-likeness (QED) is 0.677. The van der Waals surface area contributed by atoms with Crippen molar-refractivity contribution in [2.24, 2.45) is 0 Å². The topological polar surface area (TPSA) is 109 Å². The van der Waals surface area contributed by atoms with Gasteiger partial charge in [-0.1, -0.05) is 0 Å². The Morgan fingerprint density at radius 1 is 0.958 bits per heavy atom. The van der Waals surface area contributed by atoms with Crippen LogP contribution in [0.3, 0.4) is 0 Å². The predicted octanol–water partition coefficient (Wildman–Crippen LogP) is 2.59. The maximum Gasteiger partial charge on any atom is 0.238 e. The third kappa shape index (κ3) is 2.26. The molecule has 1 heterocycles. The molecule has 7 nitrogen and oxygen atoms in total. The van der Waals surface area contributed by atoms with E-state index in [1.54, 1.807) is 0 Å². The van der Waals surface area contributed by atoms with Crippen LogP contribution in [0.5, 0.6) is 28.7 Å². The van der Waals surface area contributed by atoms with Gasteiger partial charge in [0.05, 0.1) is 14.2 Å². The minimum absolute atomic E-state index is 0.0241. The van der Waals surface area contributed by atoms with Crippen molar-refractivity contribution in [1.29, 1.82) is 0 Å². The lowest BCUT2D eigenvalue weighted by atomic mass is 10.1. The van der Waals surface area contributed by atoms with Crippen molar-refractivity contribution in [2.75, 3.05) is 14.2 Å². The summed E-state index contributed by atoms with van der Waals surface area (Å²) < 4.78 is 15.7. The number of methoxy groups -OCH3 is 2. The van der Waals surface area contributed by atoms with E-state index in [-0.39, 0.29) is 34.0 Å². The number of phenols is 2. The molecule has 0 aliphatic heterocycles. The Kier molecular flexibility index (Phi) is 3.69. The average molecular weight is 330 g/mol. The Hall–Kier alpha value is -3.35. The fraction of sp³-hybridized carbons (Fsp3) is 0.118. The largest absolute Gasteiger partial charge is 0.508 e. The molecular weight excluding hydrogens is 316 g/mol. The molecular formula is C17H14O7. The minimum atomic E-state index is -0.808. The Morgan fingerprint density at radius 2 is 1.62 bits per heavy atom. The molecule has 0 amide bonds. The summed E-state index contributed by atoms with van der Waals surface area (Å²) in [6, 6.07) is 7.15. The summed E-state index contributed by atoms with van der Waals surface area (Å²) in [6.07, 6.45) is 0. The highest BCUT2D eigenvalue weighted by Crippen LogP contribution is 2.43. The molecule has 0 bridgehead atoms. The zero-order valence-electron chi connectivity index (χ0n) is 12.9. The second-order valence-corrected chi connectivity index (χ2v) is 4.99. The van der Waals surface area contributed by atoms with Crippen LogP contribution in [-0.4, -0.2) is 29.5 Å². The van der Waals surface area contributed by atoms with Crippen LogP contribution in [0.15, 0.2) is 39.5 Å². The van der Waals surface area contributed by atoms with Crippen LogP contribution in [-0.2, 0) is 0 Å². The van der Waals surface area contributed by atoms with Crippen molar-refractivity contribution in [1.82, 2.24) is 0 Å². The Morgan fingerprint density at radius 3 is 2.21 bits per heavy atom. The number of aromatic hydroxyl groups is 3. The highest BCUT2D eigenvalue weighted by molar-refractivity contribution is 5.91. The fourth-order valence-corrected chi connectivity index (χ4v) is 2.44. The van der Waals surface area contributed by atoms with E-state index in [0.29, 0.717) is 5.56 Å². The highest BCUT2D eigenvalue weighted by Gasteiger charge is 2.23. The third-order valence-electron chi connectivity index (χ3n) is 3.61. The van der Waals surface area contributed by atoms with Gasteiger partial charge in [0.25, 0.3) is 0 Å². The van der Waals surface area contributed by atoms with Crippen LogP contribution in [0, 0.1) is 0 Å². The summed E-state index contributed by atoms with van der Waals surface area (Å²) in [7, 11) is 2.69. The van der Waals surface area contributed by atoms with Gasteiger partial charge >= 0.3 is 0 Å². The van der Waals surface area contributed by atoms with Gasteiger partial charge in [0.2, 0.25) is 16.9 Å². The first-order valence-electron chi connectivity index (χ1n) is 6.91. The van der Waals surface area contributed by atoms with E-state index in [0.717, 1.165) is 0 Å². The maximum absolute atomic E-state index is 12.5. The Balaban J connectivity index is 2.38. The fourth-order valence-electron chi connectivity index (χ4n) is 2.44. The van der Waals surface area contributed by atoms with Gasteiger partial charge in [-0.05, 0) is 24.3 Å². The molecule has 0 atom stereocenters. The molecule has 3 rings (SSSR count). The molecule has 0 fully saturated rings. The maximum atomic E-state index is 12.5. The van der Waals surface area contributed by atoms with Crippen LogP contribution < -0.4 is 14.9 Å². The van der Waals surface area contributed by atoms with E-state index in [4.69, 9.17) is 13.9 Å². The molecule has 0 aliphatic rings. The van der Waals surface area contributed by atoms with Crippen LogP contribution in [0.4, 0.5) is 0 Å². The summed E-state index contributed by atoms with van der Waals surface area (Å²) in [5.74, 6) is -1.05. The van der Waals surface area contributed by atoms with Crippen LogP contribution in [0.1, 0.15) is 0 Å². The number of rotatable bonds is 3. The molecule has 24 heavy (non-hydrogen) atoms. The summed E-state index contributed by atoms with van der Waals surface area (Å²) in [5.41, 5.74) is -0.396. The van der Waals surface area contributed by atoms with Crippen molar-refractivity contribution in [3.05, 3.63) is 40.6 Å². The molecule has 0 spiro atoms. The van der Waals surface area contributed by atoms with E-state index in [1.165, 1.54) is 44.6 Å². The third-order valence-corrected chi connectivity index (χ3v) is 3.61. The molecule has 3 aromatic rings. The van der Waals surface area contributed by atoms with Crippen molar-refractivity contribution in [3.8, 4) is 40.1 Å². The first-order chi connectivity index (χ1) is 11.5. The predicted molar refractivity (Wildman–Crippen MR) is 86.0 cm³/mol. The zero-order valence-corrected chi connectivity index (χ0v) is 12.9. The smallest absolute Gasteiger partial charge is 0.238 e. The van der Waals surface area contributed by atoms with E-state index in [1.807, 2.05) is 0 Å². The van der Waals surface area contributed by atoms with Crippen molar-refractivity contribution in [3.63, 3.8) is 0 Å². The highest BCUT2D eigenvalue weighted by atomic mass is 16.5. The van der Waals surface area contributed by atoms with Gasteiger partial charge in [0.15, 0.2) is 17.3 Å². The summed E-state index contributed by atoms with van der Waals surface area (Å²) >= 11 is 0. The monoisotopic (exact) mass is 330 g/mol. The van der Waals surface area contributed by atoms with Crippen molar-refractivity contribution in [2.45, 2.75) is 0 Å².